The fraction of sp³-hybridized carbons (Fsp3) is 0.500. The molecule has 3 N–H and O–H groups in total. The van der Waals surface area contributed by atoms with Crippen LogP contribution >= 0.6 is 0 Å². The van der Waals surface area contributed by atoms with Crippen molar-refractivity contribution >= 4 is 11.7 Å². The molecule has 6 heteroatoms. The molecular formula is C14H21FN2O3. The number of hydrogen-bond acceptors (Lipinski definition) is 3. The third kappa shape index (κ3) is 5.05. The third-order valence-electron chi connectivity index (χ3n) is 2.70. The van der Waals surface area contributed by atoms with Crippen molar-refractivity contribution in [2.75, 3.05) is 18.5 Å². The van der Waals surface area contributed by atoms with Crippen LogP contribution < -0.4 is 15.4 Å². The van der Waals surface area contributed by atoms with Gasteiger partial charge in [-0.15, -0.1) is 0 Å². The first-order valence-electron chi connectivity index (χ1n) is 6.71. The number of carbonyl (C=O) groups excluding carboxylic acids is 1. The van der Waals surface area contributed by atoms with E-state index >= 15 is 0 Å². The van der Waals surface area contributed by atoms with E-state index in [0.717, 1.165) is 6.42 Å². The molecule has 0 saturated carbocycles. The highest BCUT2D eigenvalue weighted by Crippen LogP contribution is 2.25. The van der Waals surface area contributed by atoms with Gasteiger partial charge >= 0.3 is 6.03 Å². The number of carbonyl (C=O) groups is 1. The number of hydrogen-bond donors (Lipinski definition) is 3. The summed E-state index contributed by atoms with van der Waals surface area (Å²) in [7, 11) is 0. The van der Waals surface area contributed by atoms with Gasteiger partial charge in [0.15, 0.2) is 0 Å². The predicted octanol–water partition coefficient (Wildman–Crippen LogP) is 2.51. The number of aliphatic hydroxyl groups is 1. The summed E-state index contributed by atoms with van der Waals surface area (Å²) in [5.74, 6) is -0.136. The Balaban J connectivity index is 2.72. The van der Waals surface area contributed by atoms with E-state index in [9.17, 15) is 9.18 Å². The van der Waals surface area contributed by atoms with Gasteiger partial charge in [-0.2, -0.15) is 0 Å². The van der Waals surface area contributed by atoms with Crippen molar-refractivity contribution in [3.05, 3.63) is 24.0 Å². The van der Waals surface area contributed by atoms with Gasteiger partial charge in [0, 0.05) is 6.07 Å². The van der Waals surface area contributed by atoms with E-state index in [1.165, 1.54) is 18.2 Å². The second-order valence-corrected chi connectivity index (χ2v) is 4.38. The van der Waals surface area contributed by atoms with Gasteiger partial charge in [-0.05, 0) is 25.0 Å². The molecule has 0 aliphatic rings. The highest BCUT2D eigenvalue weighted by Gasteiger charge is 2.12. The molecule has 0 aromatic heterocycles. The first-order chi connectivity index (χ1) is 9.60. The molecule has 20 heavy (non-hydrogen) atoms. The van der Waals surface area contributed by atoms with E-state index in [1.807, 2.05) is 13.8 Å². The van der Waals surface area contributed by atoms with E-state index < -0.39 is 11.8 Å². The Bertz CT molecular complexity index is 436. The van der Waals surface area contributed by atoms with E-state index in [2.05, 4.69) is 10.6 Å². The molecule has 0 saturated heterocycles. The van der Waals surface area contributed by atoms with Crippen LogP contribution in [-0.2, 0) is 0 Å². The molecule has 0 fully saturated rings. The quantitative estimate of drug-likeness (QED) is 0.720. The molecule has 1 atom stereocenters. The lowest BCUT2D eigenvalue weighted by molar-refractivity contribution is 0.222. The summed E-state index contributed by atoms with van der Waals surface area (Å²) in [5.41, 5.74) is 0.394. The topological polar surface area (TPSA) is 70.6 Å². The number of ether oxygens (including phenoxy) is 1. The van der Waals surface area contributed by atoms with Crippen LogP contribution in [0.5, 0.6) is 5.75 Å². The molecule has 1 aromatic rings. The zero-order valence-corrected chi connectivity index (χ0v) is 11.8. The number of urea groups is 1. The molecule has 0 aliphatic carbocycles. The summed E-state index contributed by atoms with van der Waals surface area (Å²) in [6.45, 7) is 4.10. The van der Waals surface area contributed by atoms with Crippen molar-refractivity contribution in [2.45, 2.75) is 32.7 Å². The normalized spacial score (nSPS) is 11.8. The van der Waals surface area contributed by atoms with Crippen LogP contribution in [0.4, 0.5) is 14.9 Å². The largest absolute Gasteiger partial charge is 0.491 e. The molecule has 0 heterocycles. The fourth-order valence-electron chi connectivity index (χ4n) is 1.55. The lowest BCUT2D eigenvalue weighted by atomic mass is 10.2. The van der Waals surface area contributed by atoms with Gasteiger partial charge < -0.3 is 20.5 Å². The van der Waals surface area contributed by atoms with Crippen molar-refractivity contribution in [2.24, 2.45) is 0 Å². The molecule has 0 radical (unpaired) electrons. The Morgan fingerprint density at radius 3 is 2.80 bits per heavy atom. The summed E-state index contributed by atoms with van der Waals surface area (Å²) in [4.78, 5) is 11.8. The van der Waals surface area contributed by atoms with Crippen molar-refractivity contribution < 1.29 is 19.0 Å². The summed E-state index contributed by atoms with van der Waals surface area (Å²) >= 11 is 0. The highest BCUT2D eigenvalue weighted by molar-refractivity contribution is 5.91. The van der Waals surface area contributed by atoms with Gasteiger partial charge in [-0.25, -0.2) is 9.18 Å². The minimum absolute atomic E-state index is 0.132. The SMILES string of the molecule is CCCOc1cc(F)ccc1NC(=O)NC(CC)CO. The molecule has 5 nitrogen and oxygen atoms in total. The van der Waals surface area contributed by atoms with Crippen molar-refractivity contribution in [3.63, 3.8) is 0 Å². The van der Waals surface area contributed by atoms with E-state index in [4.69, 9.17) is 9.84 Å². The number of rotatable bonds is 7. The Kier molecular flexibility index (Phi) is 6.79. The molecule has 2 amide bonds. The lowest BCUT2D eigenvalue weighted by Gasteiger charge is -2.16. The van der Waals surface area contributed by atoms with Crippen LogP contribution in [0.15, 0.2) is 18.2 Å². The number of amides is 2. The smallest absolute Gasteiger partial charge is 0.319 e. The maximum absolute atomic E-state index is 13.2. The number of halogens is 1. The monoisotopic (exact) mass is 284 g/mol. The third-order valence-corrected chi connectivity index (χ3v) is 2.70. The Morgan fingerprint density at radius 1 is 1.45 bits per heavy atom. The first kappa shape index (κ1) is 16.2. The number of benzene rings is 1. The molecular weight excluding hydrogens is 263 g/mol. The van der Waals surface area contributed by atoms with Gasteiger partial charge in [-0.3, -0.25) is 0 Å². The first-order valence-corrected chi connectivity index (χ1v) is 6.71. The second-order valence-electron chi connectivity index (χ2n) is 4.38. The Morgan fingerprint density at radius 2 is 2.20 bits per heavy atom. The molecule has 1 rings (SSSR count). The zero-order valence-electron chi connectivity index (χ0n) is 11.8. The molecule has 1 aromatic carbocycles. The predicted molar refractivity (Wildman–Crippen MR) is 75.5 cm³/mol. The van der Waals surface area contributed by atoms with Crippen LogP contribution in [-0.4, -0.2) is 30.4 Å². The minimum Gasteiger partial charge on any atom is -0.491 e. The number of aliphatic hydroxyl groups excluding tert-OH is 1. The Labute approximate surface area is 118 Å². The molecule has 112 valence electrons. The number of nitrogens with one attached hydrogen (secondary N) is 2. The molecule has 0 aliphatic heterocycles. The van der Waals surface area contributed by atoms with Crippen molar-refractivity contribution in [3.8, 4) is 5.75 Å². The average molecular weight is 284 g/mol. The molecule has 0 spiro atoms. The van der Waals surface area contributed by atoms with Gasteiger partial charge in [-0.1, -0.05) is 13.8 Å². The van der Waals surface area contributed by atoms with Crippen LogP contribution in [0.3, 0.4) is 0 Å². The van der Waals surface area contributed by atoms with Crippen molar-refractivity contribution in [1.29, 1.82) is 0 Å². The maximum Gasteiger partial charge on any atom is 0.319 e. The summed E-state index contributed by atoms with van der Waals surface area (Å²) < 4.78 is 18.6. The number of anilines is 1. The van der Waals surface area contributed by atoms with Gasteiger partial charge in [0.25, 0.3) is 0 Å². The van der Waals surface area contributed by atoms with Gasteiger partial charge in [0.05, 0.1) is 24.9 Å². The van der Waals surface area contributed by atoms with Crippen molar-refractivity contribution in [1.82, 2.24) is 5.32 Å². The van der Waals surface area contributed by atoms with E-state index in [-0.39, 0.29) is 12.6 Å². The van der Waals surface area contributed by atoms with E-state index in [0.29, 0.717) is 24.5 Å². The Hall–Kier alpha value is -1.82. The van der Waals surface area contributed by atoms with Crippen LogP contribution in [0.2, 0.25) is 0 Å². The van der Waals surface area contributed by atoms with Crippen LogP contribution in [0.25, 0.3) is 0 Å². The standard InChI is InChI=1S/C14H21FN2O3/c1-3-7-20-13-8-10(15)5-6-12(13)17-14(19)16-11(4-2)9-18/h5-6,8,11,18H,3-4,7,9H2,1-2H3,(H2,16,17,19). The van der Waals surface area contributed by atoms with Crippen LogP contribution in [0, 0.1) is 5.82 Å². The summed E-state index contributed by atoms with van der Waals surface area (Å²) in [6, 6.07) is 3.15. The summed E-state index contributed by atoms with van der Waals surface area (Å²) in [5, 5.41) is 14.2. The fourth-order valence-corrected chi connectivity index (χ4v) is 1.55. The zero-order chi connectivity index (χ0) is 15.0. The molecule has 0 bridgehead atoms. The molecule has 1 unspecified atom stereocenters. The highest BCUT2D eigenvalue weighted by atomic mass is 19.1. The van der Waals surface area contributed by atoms with Gasteiger partial charge in [0.1, 0.15) is 11.6 Å². The van der Waals surface area contributed by atoms with Gasteiger partial charge in [0.2, 0.25) is 0 Å². The van der Waals surface area contributed by atoms with Crippen LogP contribution in [0.1, 0.15) is 26.7 Å². The second kappa shape index (κ2) is 8.37. The average Bonchev–Trinajstić information content (AvgIpc) is 2.44. The summed E-state index contributed by atoms with van der Waals surface area (Å²) in [6.07, 6.45) is 1.40. The van der Waals surface area contributed by atoms with E-state index in [1.54, 1.807) is 0 Å². The lowest BCUT2D eigenvalue weighted by Crippen LogP contribution is -2.39. The minimum atomic E-state index is -0.459. The maximum atomic E-state index is 13.2.